The number of anilines is 1. The summed E-state index contributed by atoms with van der Waals surface area (Å²) in [4.78, 5) is 20.4. The minimum Gasteiger partial charge on any atom is -0.455 e. The van der Waals surface area contributed by atoms with E-state index in [4.69, 9.17) is 23.7 Å². The van der Waals surface area contributed by atoms with Crippen molar-refractivity contribution < 1.29 is 50.1 Å². The fraction of sp³-hybridized carbons (Fsp3) is 0.289. The molecule has 0 aliphatic rings. The Kier molecular flexibility index (Phi) is 15.9. The topological polar surface area (TPSA) is 196 Å². The van der Waals surface area contributed by atoms with Crippen molar-refractivity contribution in [3.8, 4) is 39.8 Å². The van der Waals surface area contributed by atoms with E-state index in [-0.39, 0.29) is 52.3 Å². The van der Waals surface area contributed by atoms with E-state index in [1.165, 1.54) is 36.8 Å². The van der Waals surface area contributed by atoms with Crippen molar-refractivity contribution >= 4 is 32.7 Å². The van der Waals surface area contributed by atoms with E-state index in [0.29, 0.717) is 62.0 Å². The van der Waals surface area contributed by atoms with Gasteiger partial charge >= 0.3 is 12.2 Å². The molecule has 5 rings (SSSR count). The van der Waals surface area contributed by atoms with Crippen molar-refractivity contribution in [3.63, 3.8) is 0 Å². The second-order valence-corrected chi connectivity index (χ2v) is 14.5. The molecule has 0 fully saturated rings. The molecule has 3 aromatic carbocycles. The molecule has 15 nitrogen and oxygen atoms in total. The number of urea groups is 1. The number of alkyl halides is 3. The van der Waals surface area contributed by atoms with Gasteiger partial charge in [0.05, 0.1) is 74.5 Å². The number of pyridine rings is 1. The Morgan fingerprint density at radius 1 is 0.828 bits per heavy atom. The summed E-state index contributed by atoms with van der Waals surface area (Å²) in [7, 11) is -2.53. The lowest BCUT2D eigenvalue weighted by Crippen LogP contribution is -2.37. The summed E-state index contributed by atoms with van der Waals surface area (Å²) in [6.07, 6.45) is -1.88. The lowest BCUT2D eigenvalue weighted by Gasteiger charge is -2.16. The van der Waals surface area contributed by atoms with Gasteiger partial charge in [-0.15, -0.1) is 0 Å². The van der Waals surface area contributed by atoms with Crippen molar-refractivity contribution in [2.45, 2.75) is 17.6 Å². The number of rotatable bonds is 21. The van der Waals surface area contributed by atoms with Crippen LogP contribution in [0.3, 0.4) is 0 Å². The van der Waals surface area contributed by atoms with Crippen LogP contribution in [-0.4, -0.2) is 88.7 Å². The molecule has 0 saturated heterocycles. The number of halogens is 3. The van der Waals surface area contributed by atoms with Crippen LogP contribution in [-0.2, 0) is 41.7 Å². The maximum absolute atomic E-state index is 13.6. The Balaban J connectivity index is 1.29. The molecule has 0 bridgehead atoms. The number of hydrogen-bond donors (Lipinski definition) is 3. The molecule has 2 amide bonds. The fourth-order valence-electron chi connectivity index (χ4n) is 5.16. The van der Waals surface area contributed by atoms with E-state index < -0.39 is 27.8 Å². The lowest BCUT2D eigenvalue weighted by atomic mass is 9.97. The van der Waals surface area contributed by atoms with Crippen LogP contribution >= 0.6 is 11.5 Å². The van der Waals surface area contributed by atoms with Crippen LogP contribution in [0.15, 0.2) is 90.2 Å². The van der Waals surface area contributed by atoms with E-state index in [2.05, 4.69) is 29.7 Å². The molecule has 58 heavy (non-hydrogen) atoms. The highest BCUT2D eigenvalue weighted by Gasteiger charge is 2.30. The van der Waals surface area contributed by atoms with Gasteiger partial charge in [-0.2, -0.15) is 22.8 Å². The van der Waals surface area contributed by atoms with E-state index in [1.54, 1.807) is 37.4 Å². The van der Waals surface area contributed by atoms with Gasteiger partial charge in [0.1, 0.15) is 23.9 Å². The van der Waals surface area contributed by atoms with Crippen LogP contribution in [0.1, 0.15) is 16.8 Å². The molecule has 0 spiro atoms. The number of benzene rings is 3. The van der Waals surface area contributed by atoms with Crippen molar-refractivity contribution in [1.82, 2.24) is 25.0 Å². The Labute approximate surface area is 336 Å². The molecule has 2 aromatic heterocycles. The molecule has 3 N–H and O–H groups in total. The number of nitrogens with zero attached hydrogens (tertiary/aromatic N) is 4. The summed E-state index contributed by atoms with van der Waals surface area (Å²) >= 11 is 0.836. The number of nitriles is 1. The smallest absolute Gasteiger partial charge is 0.416 e. The molecule has 0 saturated carbocycles. The SMILES string of the molecule is COCCOCCOCCOCCNC(=O)NCc1cc(-c2cc(-c3cccc(C(F)(F)F)c3)ccc2Oc2ccc(S(=O)(=O)Nc3ncns3)cc2C#N)ccn1. The number of carbonyl (C=O) groups excluding carboxylic acids is 1. The number of hydrogen-bond acceptors (Lipinski definition) is 13. The fourth-order valence-corrected chi connectivity index (χ4v) is 6.85. The number of aromatic nitrogens is 3. The van der Waals surface area contributed by atoms with Crippen LogP contribution < -0.4 is 20.1 Å². The zero-order valence-electron chi connectivity index (χ0n) is 31.0. The van der Waals surface area contributed by atoms with Gasteiger partial charge in [-0.25, -0.2) is 18.2 Å². The van der Waals surface area contributed by atoms with Gasteiger partial charge in [-0.05, 0) is 71.3 Å². The largest absolute Gasteiger partial charge is 0.455 e. The highest BCUT2D eigenvalue weighted by Crippen LogP contribution is 2.39. The molecule has 2 heterocycles. The number of sulfonamides is 1. The van der Waals surface area contributed by atoms with Gasteiger partial charge in [0, 0.05) is 36.9 Å². The zero-order chi connectivity index (χ0) is 41.4. The third-order valence-electron chi connectivity index (χ3n) is 7.95. The van der Waals surface area contributed by atoms with E-state index in [1.807, 2.05) is 6.07 Å². The van der Waals surface area contributed by atoms with Crippen LogP contribution in [0.5, 0.6) is 11.5 Å². The van der Waals surface area contributed by atoms with Crippen molar-refractivity contribution in [1.29, 1.82) is 5.26 Å². The molecule has 5 aromatic rings. The number of nitrogens with one attached hydrogen (secondary N) is 3. The minimum absolute atomic E-state index is 0.0119. The van der Waals surface area contributed by atoms with Crippen molar-refractivity contribution in [2.24, 2.45) is 0 Å². The molecule has 0 radical (unpaired) electrons. The summed E-state index contributed by atoms with van der Waals surface area (Å²) in [5, 5.41) is 15.4. The number of amides is 2. The first kappa shape index (κ1) is 43.4. The molecular weight excluding hydrogens is 804 g/mol. The second-order valence-electron chi connectivity index (χ2n) is 12.0. The number of carbonyl (C=O) groups is 1. The van der Waals surface area contributed by atoms with Gasteiger partial charge in [0.2, 0.25) is 5.13 Å². The van der Waals surface area contributed by atoms with Gasteiger partial charge in [-0.1, -0.05) is 18.2 Å². The quantitative estimate of drug-likeness (QED) is 0.0705. The van der Waals surface area contributed by atoms with E-state index in [0.717, 1.165) is 29.7 Å². The maximum atomic E-state index is 13.6. The summed E-state index contributed by atoms with van der Waals surface area (Å²) in [6.45, 7) is 3.11. The zero-order valence-corrected chi connectivity index (χ0v) is 32.6. The number of ether oxygens (including phenoxy) is 5. The molecule has 0 atom stereocenters. The van der Waals surface area contributed by atoms with Gasteiger partial charge in [0.25, 0.3) is 10.0 Å². The van der Waals surface area contributed by atoms with Crippen LogP contribution in [0.4, 0.5) is 23.1 Å². The Morgan fingerprint density at radius 2 is 1.55 bits per heavy atom. The first-order valence-corrected chi connectivity index (χ1v) is 19.7. The van der Waals surface area contributed by atoms with Crippen LogP contribution in [0, 0.1) is 11.3 Å². The molecule has 0 aliphatic carbocycles. The Hall–Kier alpha value is -5.69. The summed E-state index contributed by atoms with van der Waals surface area (Å²) in [5.74, 6) is 0.205. The summed E-state index contributed by atoms with van der Waals surface area (Å²) < 4.78 is 100. The monoisotopic (exact) mass is 841 g/mol. The normalized spacial score (nSPS) is 11.5. The van der Waals surface area contributed by atoms with Crippen LogP contribution in [0.25, 0.3) is 22.3 Å². The average Bonchev–Trinajstić information content (AvgIpc) is 3.73. The van der Waals surface area contributed by atoms with E-state index >= 15 is 0 Å². The predicted molar refractivity (Wildman–Crippen MR) is 207 cm³/mol. The number of methoxy groups -OCH3 is 1. The molecular formula is C38H38F3N7O8S2. The summed E-state index contributed by atoms with van der Waals surface area (Å²) in [6, 6.07) is 18.1. The lowest BCUT2D eigenvalue weighted by molar-refractivity contribution is -0.137. The molecule has 0 unspecified atom stereocenters. The third-order valence-corrected chi connectivity index (χ3v) is 10.00. The third kappa shape index (κ3) is 12.9. The van der Waals surface area contributed by atoms with Crippen molar-refractivity contribution in [2.75, 3.05) is 64.6 Å². The molecule has 20 heteroatoms. The Morgan fingerprint density at radius 3 is 2.26 bits per heavy atom. The average molecular weight is 842 g/mol. The molecule has 0 aliphatic heterocycles. The first-order valence-electron chi connectivity index (χ1n) is 17.5. The predicted octanol–water partition coefficient (Wildman–Crippen LogP) is 6.25. The van der Waals surface area contributed by atoms with Crippen molar-refractivity contribution in [3.05, 3.63) is 102 Å². The Bertz CT molecular complexity index is 2270. The summed E-state index contributed by atoms with van der Waals surface area (Å²) in [5.41, 5.74) is 1.14. The minimum atomic E-state index is -4.57. The van der Waals surface area contributed by atoms with Gasteiger partial charge in [0.15, 0.2) is 0 Å². The highest BCUT2D eigenvalue weighted by molar-refractivity contribution is 7.93. The highest BCUT2D eigenvalue weighted by atomic mass is 32.2. The van der Waals surface area contributed by atoms with Crippen LogP contribution in [0.2, 0.25) is 0 Å². The van der Waals surface area contributed by atoms with Gasteiger partial charge in [-0.3, -0.25) is 9.71 Å². The second kappa shape index (κ2) is 21.2. The first-order chi connectivity index (χ1) is 28.0. The maximum Gasteiger partial charge on any atom is 0.416 e. The molecule has 306 valence electrons. The van der Waals surface area contributed by atoms with E-state index in [9.17, 15) is 31.6 Å². The standard InChI is InChI=1S/C38H38F3N7O8S2/c1-52-13-14-54-17-18-55-16-15-53-12-11-44-36(49)45-24-31-20-28(9-10-43-31)33-22-27(26-3-2-4-30(19-26)38(39,40)41)5-7-35(33)56-34-8-6-32(21-29(34)23-42)58(50,51)48-37-46-25-47-57-37/h2-10,19-22,25H,11-18,24H2,1H3,(H2,44,45,49)(H,46,47,48). The van der Waals surface area contributed by atoms with Gasteiger partial charge < -0.3 is 34.3 Å².